The van der Waals surface area contributed by atoms with Crippen molar-refractivity contribution >= 4 is 11.9 Å². The molecule has 1 atom stereocenters. The Kier molecular flexibility index (Phi) is 6.19. The van der Waals surface area contributed by atoms with Crippen molar-refractivity contribution in [3.8, 4) is 0 Å². The van der Waals surface area contributed by atoms with E-state index in [1.165, 1.54) is 0 Å². The summed E-state index contributed by atoms with van der Waals surface area (Å²) in [6.07, 6.45) is -2.58. The van der Waals surface area contributed by atoms with Crippen molar-refractivity contribution in [3.63, 3.8) is 0 Å². The Morgan fingerprint density at radius 2 is 1.79 bits per heavy atom. The smallest absolute Gasteiger partial charge is 0.405 e. The first-order chi connectivity index (χ1) is 11.4. The van der Waals surface area contributed by atoms with Gasteiger partial charge in [-0.1, -0.05) is 30.3 Å². The molecule has 1 saturated heterocycles. The van der Waals surface area contributed by atoms with E-state index < -0.39 is 37.2 Å². The number of carbonyl (C=O) groups excluding carboxylic acids is 2. The van der Waals surface area contributed by atoms with Gasteiger partial charge in [0.25, 0.3) is 5.91 Å². The molecule has 0 aromatic heterocycles. The van der Waals surface area contributed by atoms with Gasteiger partial charge in [0.2, 0.25) is 0 Å². The van der Waals surface area contributed by atoms with Crippen LogP contribution in [0.3, 0.4) is 0 Å². The van der Waals surface area contributed by atoms with E-state index in [1.54, 1.807) is 29.6 Å². The minimum atomic E-state index is -4.50. The summed E-state index contributed by atoms with van der Waals surface area (Å²) in [5, 5.41) is 1.67. The summed E-state index contributed by atoms with van der Waals surface area (Å²) >= 11 is 0. The number of amides is 1. The molecule has 0 bridgehead atoms. The lowest BCUT2D eigenvalue weighted by Gasteiger charge is -2.26. The van der Waals surface area contributed by atoms with Crippen LogP contribution in [0.4, 0.5) is 13.2 Å². The molecule has 0 aliphatic carbocycles. The highest BCUT2D eigenvalue weighted by atomic mass is 19.4. The van der Waals surface area contributed by atoms with Gasteiger partial charge < -0.3 is 10.1 Å². The van der Waals surface area contributed by atoms with E-state index in [1.807, 2.05) is 11.0 Å². The maximum atomic E-state index is 12.4. The van der Waals surface area contributed by atoms with Crippen LogP contribution in [-0.4, -0.2) is 49.2 Å². The van der Waals surface area contributed by atoms with Gasteiger partial charge in [-0.15, -0.1) is 0 Å². The van der Waals surface area contributed by atoms with Gasteiger partial charge in [0.1, 0.15) is 12.6 Å². The number of rotatable bonds is 6. The summed E-state index contributed by atoms with van der Waals surface area (Å²) in [5.74, 6) is -1.61. The zero-order valence-electron chi connectivity index (χ0n) is 13.0. The van der Waals surface area contributed by atoms with Gasteiger partial charge in [0, 0.05) is 0 Å². The number of hydrogen-bond acceptors (Lipinski definition) is 4. The second-order valence-corrected chi connectivity index (χ2v) is 5.56. The van der Waals surface area contributed by atoms with Gasteiger partial charge in [-0.05, 0) is 31.5 Å². The monoisotopic (exact) mass is 344 g/mol. The summed E-state index contributed by atoms with van der Waals surface area (Å²) in [6, 6.07) is 8.33. The fourth-order valence-corrected chi connectivity index (χ4v) is 2.60. The largest absolute Gasteiger partial charge is 0.454 e. The molecule has 1 N–H and O–H groups in total. The van der Waals surface area contributed by atoms with Crippen LogP contribution in [0.25, 0.3) is 0 Å². The molecule has 5 nitrogen and oxygen atoms in total. The van der Waals surface area contributed by atoms with E-state index in [0.717, 1.165) is 31.5 Å². The predicted molar refractivity (Wildman–Crippen MR) is 80.0 cm³/mol. The van der Waals surface area contributed by atoms with Crippen LogP contribution in [0.2, 0.25) is 0 Å². The average molecular weight is 344 g/mol. The Hall–Kier alpha value is -2.09. The van der Waals surface area contributed by atoms with Crippen LogP contribution in [0.15, 0.2) is 30.3 Å². The summed E-state index contributed by atoms with van der Waals surface area (Å²) in [7, 11) is 0. The second-order valence-electron chi connectivity index (χ2n) is 5.56. The lowest BCUT2D eigenvalue weighted by atomic mass is 10.1. The Balaban J connectivity index is 1.94. The molecule has 132 valence electrons. The summed E-state index contributed by atoms with van der Waals surface area (Å²) in [4.78, 5) is 25.7. The number of halogens is 3. The predicted octanol–water partition coefficient (Wildman–Crippen LogP) is 2.05. The fourth-order valence-electron chi connectivity index (χ4n) is 2.60. The minimum Gasteiger partial charge on any atom is -0.454 e. The molecule has 1 heterocycles. The first-order valence-corrected chi connectivity index (χ1v) is 7.66. The third-order valence-electron chi connectivity index (χ3n) is 3.68. The van der Waals surface area contributed by atoms with E-state index >= 15 is 0 Å². The number of nitrogens with zero attached hydrogens (tertiary/aromatic N) is 1. The zero-order chi connectivity index (χ0) is 17.6. The fraction of sp³-hybridized carbons (Fsp3) is 0.500. The molecule has 0 unspecified atom stereocenters. The summed E-state index contributed by atoms with van der Waals surface area (Å²) in [5.41, 5.74) is 0.736. The van der Waals surface area contributed by atoms with Crippen molar-refractivity contribution in [2.45, 2.75) is 25.1 Å². The molecule has 1 aliphatic rings. The van der Waals surface area contributed by atoms with E-state index in [4.69, 9.17) is 4.74 Å². The second kappa shape index (κ2) is 8.14. The number of likely N-dealkylation sites (tertiary alicyclic amines) is 1. The Morgan fingerprint density at radius 1 is 1.17 bits per heavy atom. The number of ether oxygens (including phenoxy) is 1. The Labute approximate surface area is 137 Å². The number of nitrogens with one attached hydrogen (secondary N) is 1. The molecular formula is C16H19F3N2O3. The minimum absolute atomic E-state index is 0.634. The van der Waals surface area contributed by atoms with Crippen LogP contribution in [0, 0.1) is 0 Å². The van der Waals surface area contributed by atoms with Gasteiger partial charge >= 0.3 is 12.1 Å². The van der Waals surface area contributed by atoms with Crippen molar-refractivity contribution < 1.29 is 27.5 Å². The number of esters is 1. The van der Waals surface area contributed by atoms with E-state index in [0.29, 0.717) is 0 Å². The van der Waals surface area contributed by atoms with Crippen LogP contribution in [0.1, 0.15) is 24.4 Å². The first kappa shape index (κ1) is 18.3. The van der Waals surface area contributed by atoms with Gasteiger partial charge in [0.15, 0.2) is 6.61 Å². The molecule has 8 heteroatoms. The molecule has 0 spiro atoms. The number of hydrogen-bond donors (Lipinski definition) is 1. The lowest BCUT2D eigenvalue weighted by Crippen LogP contribution is -2.38. The molecule has 0 saturated carbocycles. The Morgan fingerprint density at radius 3 is 2.38 bits per heavy atom. The summed E-state index contributed by atoms with van der Waals surface area (Å²) < 4.78 is 41.1. The van der Waals surface area contributed by atoms with Crippen LogP contribution in [0.5, 0.6) is 0 Å². The maximum Gasteiger partial charge on any atom is 0.405 e. The highest BCUT2D eigenvalue weighted by Gasteiger charge is 2.32. The van der Waals surface area contributed by atoms with Crippen molar-refractivity contribution in [2.75, 3.05) is 26.2 Å². The molecule has 1 amide bonds. The third-order valence-corrected chi connectivity index (χ3v) is 3.68. The van der Waals surface area contributed by atoms with Gasteiger partial charge in [0.05, 0.1) is 0 Å². The standard InChI is InChI=1S/C16H19F3N2O3/c17-16(18,19)11-20-13(22)10-24-15(23)14(21-8-4-5-9-21)12-6-2-1-3-7-12/h1-3,6-7,14H,4-5,8-11H2,(H,20,22)/t14-/m0/s1. The first-order valence-electron chi connectivity index (χ1n) is 7.66. The van der Waals surface area contributed by atoms with Crippen LogP contribution in [-0.2, 0) is 14.3 Å². The third kappa shape index (κ3) is 5.52. The van der Waals surface area contributed by atoms with Gasteiger partial charge in [-0.3, -0.25) is 9.69 Å². The Bertz CT molecular complexity index is 557. The van der Waals surface area contributed by atoms with Crippen molar-refractivity contribution in [2.24, 2.45) is 0 Å². The molecule has 0 radical (unpaired) electrons. The van der Waals surface area contributed by atoms with Crippen LogP contribution < -0.4 is 5.32 Å². The maximum absolute atomic E-state index is 12.4. The van der Waals surface area contributed by atoms with Crippen molar-refractivity contribution in [1.82, 2.24) is 10.2 Å². The SMILES string of the molecule is O=C(COC(=O)[C@H](c1ccccc1)N1CCCC1)NCC(F)(F)F. The number of benzene rings is 1. The van der Waals surface area contributed by atoms with E-state index in [9.17, 15) is 22.8 Å². The average Bonchev–Trinajstić information content (AvgIpc) is 3.05. The molecule has 1 aromatic rings. The van der Waals surface area contributed by atoms with E-state index in [2.05, 4.69) is 0 Å². The molecular weight excluding hydrogens is 325 g/mol. The molecule has 1 aliphatic heterocycles. The van der Waals surface area contributed by atoms with E-state index in [-0.39, 0.29) is 0 Å². The summed E-state index contributed by atoms with van der Waals surface area (Å²) in [6.45, 7) is -0.715. The lowest BCUT2D eigenvalue weighted by molar-refractivity contribution is -0.155. The molecule has 24 heavy (non-hydrogen) atoms. The number of alkyl halides is 3. The zero-order valence-corrected chi connectivity index (χ0v) is 13.0. The highest BCUT2D eigenvalue weighted by Crippen LogP contribution is 2.26. The topological polar surface area (TPSA) is 58.6 Å². The van der Waals surface area contributed by atoms with Crippen molar-refractivity contribution in [3.05, 3.63) is 35.9 Å². The highest BCUT2D eigenvalue weighted by molar-refractivity contribution is 5.83. The molecule has 1 fully saturated rings. The van der Waals surface area contributed by atoms with Gasteiger partial charge in [-0.25, -0.2) is 4.79 Å². The number of carbonyl (C=O) groups is 2. The molecule has 2 rings (SSSR count). The van der Waals surface area contributed by atoms with Crippen molar-refractivity contribution in [1.29, 1.82) is 0 Å². The normalized spacial score (nSPS) is 16.6. The molecule has 1 aromatic carbocycles. The van der Waals surface area contributed by atoms with Crippen LogP contribution >= 0.6 is 0 Å². The van der Waals surface area contributed by atoms with Gasteiger partial charge in [-0.2, -0.15) is 13.2 Å². The quantitative estimate of drug-likeness (QED) is 0.803.